The summed E-state index contributed by atoms with van der Waals surface area (Å²) in [6.45, 7) is 5.34. The standard InChI is InChI=1S/C19H22N6O2/c1-14-18(23-27-22-14)12-24-7-4-15(5-8-24)11-25-13-21-17(9-19(25)26)16-3-2-6-20-10-16/h2-3,6,9-10,13,15H,4-5,7-8,11-12H2,1H3. The van der Waals surface area contributed by atoms with Crippen molar-refractivity contribution in [2.75, 3.05) is 13.1 Å². The Bertz CT molecular complexity index is 944. The molecule has 8 heteroatoms. The molecule has 1 fully saturated rings. The maximum Gasteiger partial charge on any atom is 0.253 e. The summed E-state index contributed by atoms with van der Waals surface area (Å²) in [6, 6.07) is 5.33. The molecule has 0 N–H and O–H groups in total. The van der Waals surface area contributed by atoms with E-state index in [0.717, 1.165) is 49.4 Å². The van der Waals surface area contributed by atoms with Crippen LogP contribution in [0.4, 0.5) is 0 Å². The minimum Gasteiger partial charge on any atom is -0.299 e. The van der Waals surface area contributed by atoms with Crippen molar-refractivity contribution < 1.29 is 4.63 Å². The van der Waals surface area contributed by atoms with Gasteiger partial charge < -0.3 is 0 Å². The fourth-order valence-electron chi connectivity index (χ4n) is 3.45. The zero-order valence-electron chi connectivity index (χ0n) is 15.3. The number of hydrogen-bond acceptors (Lipinski definition) is 7. The molecule has 4 heterocycles. The summed E-state index contributed by atoms with van der Waals surface area (Å²) in [5.74, 6) is 0.474. The molecule has 4 rings (SSSR count). The Morgan fingerprint density at radius 1 is 1.26 bits per heavy atom. The van der Waals surface area contributed by atoms with E-state index in [1.807, 2.05) is 19.1 Å². The molecule has 8 nitrogen and oxygen atoms in total. The number of rotatable bonds is 5. The van der Waals surface area contributed by atoms with Gasteiger partial charge in [0.15, 0.2) is 0 Å². The molecule has 3 aromatic rings. The molecule has 0 amide bonds. The van der Waals surface area contributed by atoms with Crippen molar-refractivity contribution in [3.05, 3.63) is 58.7 Å². The van der Waals surface area contributed by atoms with Gasteiger partial charge in [-0.25, -0.2) is 9.61 Å². The third-order valence-corrected chi connectivity index (χ3v) is 5.12. The molecule has 0 aromatic carbocycles. The van der Waals surface area contributed by atoms with E-state index < -0.39 is 0 Å². The second-order valence-corrected chi connectivity index (χ2v) is 7.02. The Kier molecular flexibility index (Phi) is 5.06. The highest BCUT2D eigenvalue weighted by Gasteiger charge is 2.21. The Labute approximate surface area is 156 Å². The van der Waals surface area contributed by atoms with Gasteiger partial charge in [0, 0.05) is 37.1 Å². The predicted octanol–water partition coefficient (Wildman–Crippen LogP) is 1.91. The summed E-state index contributed by atoms with van der Waals surface area (Å²) >= 11 is 0. The Morgan fingerprint density at radius 2 is 2.11 bits per heavy atom. The molecule has 3 aromatic heterocycles. The highest BCUT2D eigenvalue weighted by atomic mass is 16.6. The van der Waals surface area contributed by atoms with E-state index in [0.29, 0.717) is 18.2 Å². The lowest BCUT2D eigenvalue weighted by molar-refractivity contribution is 0.162. The van der Waals surface area contributed by atoms with Crippen molar-refractivity contribution in [3.8, 4) is 11.3 Å². The number of aryl methyl sites for hydroxylation is 1. The van der Waals surface area contributed by atoms with Gasteiger partial charge in [0.25, 0.3) is 5.56 Å². The molecule has 0 saturated carbocycles. The maximum absolute atomic E-state index is 12.5. The van der Waals surface area contributed by atoms with Crippen LogP contribution in [0.25, 0.3) is 11.3 Å². The van der Waals surface area contributed by atoms with Crippen LogP contribution >= 0.6 is 0 Å². The van der Waals surface area contributed by atoms with Crippen molar-refractivity contribution in [3.63, 3.8) is 0 Å². The average Bonchev–Trinajstić information content (AvgIpc) is 3.10. The molecule has 0 bridgehead atoms. The summed E-state index contributed by atoms with van der Waals surface area (Å²) in [7, 11) is 0. The average molecular weight is 366 g/mol. The van der Waals surface area contributed by atoms with Crippen LogP contribution in [0, 0.1) is 12.8 Å². The predicted molar refractivity (Wildman–Crippen MR) is 98.8 cm³/mol. The highest BCUT2D eigenvalue weighted by molar-refractivity contribution is 5.56. The number of likely N-dealkylation sites (tertiary alicyclic amines) is 1. The number of nitrogens with zero attached hydrogens (tertiary/aromatic N) is 6. The van der Waals surface area contributed by atoms with Gasteiger partial charge >= 0.3 is 0 Å². The second kappa shape index (κ2) is 7.79. The molecule has 0 spiro atoms. The molecular formula is C19H22N6O2. The Balaban J connectivity index is 1.35. The van der Waals surface area contributed by atoms with Crippen LogP contribution in [0.1, 0.15) is 24.2 Å². The Hall–Kier alpha value is -2.87. The SMILES string of the molecule is Cc1nonc1CN1CCC(Cn2cnc(-c3cccnc3)cc2=O)CC1. The molecule has 0 radical (unpaired) electrons. The van der Waals surface area contributed by atoms with Crippen molar-refractivity contribution >= 4 is 0 Å². The van der Waals surface area contributed by atoms with Gasteiger partial charge in [-0.2, -0.15) is 0 Å². The molecule has 27 heavy (non-hydrogen) atoms. The van der Waals surface area contributed by atoms with Crippen LogP contribution in [0.3, 0.4) is 0 Å². The molecule has 1 aliphatic rings. The molecule has 0 unspecified atom stereocenters. The monoisotopic (exact) mass is 366 g/mol. The van der Waals surface area contributed by atoms with Crippen LogP contribution in [0.15, 0.2) is 46.3 Å². The number of hydrogen-bond donors (Lipinski definition) is 0. The molecular weight excluding hydrogens is 344 g/mol. The van der Waals surface area contributed by atoms with Crippen LogP contribution in [0.5, 0.6) is 0 Å². The van der Waals surface area contributed by atoms with Crippen molar-refractivity contribution in [1.29, 1.82) is 0 Å². The van der Waals surface area contributed by atoms with E-state index in [1.54, 1.807) is 29.4 Å². The van der Waals surface area contributed by atoms with Crippen LogP contribution in [0.2, 0.25) is 0 Å². The number of aromatic nitrogens is 5. The maximum atomic E-state index is 12.5. The molecule has 1 aliphatic heterocycles. The van der Waals surface area contributed by atoms with Crippen LogP contribution < -0.4 is 5.56 Å². The van der Waals surface area contributed by atoms with Gasteiger partial charge in [-0.3, -0.25) is 19.2 Å². The van der Waals surface area contributed by atoms with E-state index in [2.05, 4.69) is 25.2 Å². The number of piperidine rings is 1. The van der Waals surface area contributed by atoms with Crippen molar-refractivity contribution in [1.82, 2.24) is 29.7 Å². The quantitative estimate of drug-likeness (QED) is 0.681. The zero-order valence-corrected chi connectivity index (χ0v) is 15.3. The zero-order chi connectivity index (χ0) is 18.6. The van der Waals surface area contributed by atoms with Gasteiger partial charge in [-0.15, -0.1) is 0 Å². The van der Waals surface area contributed by atoms with Gasteiger partial charge in [0.2, 0.25) is 0 Å². The van der Waals surface area contributed by atoms with Crippen molar-refractivity contribution in [2.45, 2.75) is 32.9 Å². The fourth-order valence-corrected chi connectivity index (χ4v) is 3.45. The van der Waals surface area contributed by atoms with Gasteiger partial charge in [-0.1, -0.05) is 10.3 Å². The lowest BCUT2D eigenvalue weighted by Gasteiger charge is -2.31. The first-order valence-electron chi connectivity index (χ1n) is 9.16. The minimum atomic E-state index is -0.0180. The molecule has 1 saturated heterocycles. The molecule has 0 aliphatic carbocycles. The van der Waals surface area contributed by atoms with Gasteiger partial charge in [-0.05, 0) is 50.9 Å². The number of pyridine rings is 1. The summed E-state index contributed by atoms with van der Waals surface area (Å²) in [5.41, 5.74) is 3.25. The van der Waals surface area contributed by atoms with Gasteiger partial charge in [0.1, 0.15) is 11.4 Å². The summed E-state index contributed by atoms with van der Waals surface area (Å²) in [4.78, 5) is 23.3. The second-order valence-electron chi connectivity index (χ2n) is 7.02. The lowest BCUT2D eigenvalue weighted by atomic mass is 9.96. The third kappa shape index (κ3) is 4.11. The summed E-state index contributed by atoms with van der Waals surface area (Å²) in [5, 5.41) is 7.79. The summed E-state index contributed by atoms with van der Waals surface area (Å²) in [6.07, 6.45) is 7.16. The third-order valence-electron chi connectivity index (χ3n) is 5.12. The van der Waals surface area contributed by atoms with E-state index in [4.69, 9.17) is 4.63 Å². The minimum absolute atomic E-state index is 0.0180. The first-order chi connectivity index (χ1) is 13.2. The van der Waals surface area contributed by atoms with E-state index in [-0.39, 0.29) is 5.56 Å². The summed E-state index contributed by atoms with van der Waals surface area (Å²) < 4.78 is 6.48. The van der Waals surface area contributed by atoms with E-state index >= 15 is 0 Å². The van der Waals surface area contributed by atoms with Crippen LogP contribution in [-0.2, 0) is 13.1 Å². The van der Waals surface area contributed by atoms with Crippen LogP contribution in [-0.4, -0.2) is 42.8 Å². The van der Waals surface area contributed by atoms with E-state index in [1.165, 1.54) is 0 Å². The normalized spacial score (nSPS) is 15.9. The Morgan fingerprint density at radius 3 is 2.78 bits per heavy atom. The lowest BCUT2D eigenvalue weighted by Crippen LogP contribution is -2.36. The smallest absolute Gasteiger partial charge is 0.253 e. The van der Waals surface area contributed by atoms with E-state index in [9.17, 15) is 4.79 Å². The molecule has 140 valence electrons. The topological polar surface area (TPSA) is 89.9 Å². The largest absolute Gasteiger partial charge is 0.299 e. The highest BCUT2D eigenvalue weighted by Crippen LogP contribution is 2.20. The van der Waals surface area contributed by atoms with Crippen molar-refractivity contribution in [2.24, 2.45) is 5.92 Å². The first-order valence-corrected chi connectivity index (χ1v) is 9.16. The molecule has 0 atom stereocenters. The fraction of sp³-hybridized carbons (Fsp3) is 0.421. The van der Waals surface area contributed by atoms with Gasteiger partial charge in [0.05, 0.1) is 12.0 Å². The first kappa shape index (κ1) is 17.5.